The van der Waals surface area contributed by atoms with Crippen LogP contribution in [0.3, 0.4) is 0 Å². The maximum absolute atomic E-state index is 6.65. The van der Waals surface area contributed by atoms with E-state index in [-0.39, 0.29) is 11.2 Å². The van der Waals surface area contributed by atoms with Crippen LogP contribution in [-0.2, 0) is 4.74 Å². The summed E-state index contributed by atoms with van der Waals surface area (Å²) in [6.45, 7) is 9.53. The van der Waals surface area contributed by atoms with Crippen LogP contribution < -0.4 is 0 Å². The van der Waals surface area contributed by atoms with Crippen molar-refractivity contribution >= 4 is 0 Å². The zero-order valence-corrected chi connectivity index (χ0v) is 11.3. The summed E-state index contributed by atoms with van der Waals surface area (Å²) in [6, 6.07) is 0. The summed E-state index contributed by atoms with van der Waals surface area (Å²) in [6.07, 6.45) is 6.95. The van der Waals surface area contributed by atoms with Crippen molar-refractivity contribution in [2.45, 2.75) is 71.0 Å². The Bertz CT molecular complexity index is 296. The molecule has 1 aliphatic heterocycles. The molecule has 0 aromatic rings. The average molecular weight is 222 g/mol. The number of fused-ring (bicyclic) bond motifs is 1. The fraction of sp³-hybridized carbons (Fsp3) is 1.00. The maximum atomic E-state index is 6.65. The number of hydrogen-bond acceptors (Lipinski definition) is 1. The van der Waals surface area contributed by atoms with E-state index in [0.717, 1.165) is 23.7 Å². The van der Waals surface area contributed by atoms with Gasteiger partial charge in [-0.1, -0.05) is 13.8 Å². The first kappa shape index (κ1) is 11.1. The molecule has 0 aromatic heterocycles. The second-order valence-electron chi connectivity index (χ2n) is 7.20. The third kappa shape index (κ3) is 1.27. The largest absolute Gasteiger partial charge is 0.368 e. The van der Waals surface area contributed by atoms with Crippen LogP contribution >= 0.6 is 0 Å². The molecule has 1 heteroatoms. The van der Waals surface area contributed by atoms with Crippen molar-refractivity contribution in [1.82, 2.24) is 0 Å². The van der Waals surface area contributed by atoms with Gasteiger partial charge >= 0.3 is 0 Å². The molecule has 0 amide bonds. The molecular weight excluding hydrogens is 196 g/mol. The first-order valence-electron chi connectivity index (χ1n) is 7.16. The summed E-state index contributed by atoms with van der Waals surface area (Å²) < 4.78 is 6.65. The van der Waals surface area contributed by atoms with Gasteiger partial charge in [-0.15, -0.1) is 0 Å². The van der Waals surface area contributed by atoms with Crippen molar-refractivity contribution in [3.05, 3.63) is 0 Å². The Balaban J connectivity index is 2.01. The maximum Gasteiger partial charge on any atom is 0.0749 e. The topological polar surface area (TPSA) is 9.23 Å². The van der Waals surface area contributed by atoms with Gasteiger partial charge in [0.15, 0.2) is 0 Å². The van der Waals surface area contributed by atoms with Crippen LogP contribution in [0.4, 0.5) is 0 Å². The summed E-state index contributed by atoms with van der Waals surface area (Å²) in [5, 5.41) is 0. The molecule has 16 heavy (non-hydrogen) atoms. The van der Waals surface area contributed by atoms with Crippen molar-refractivity contribution < 1.29 is 4.74 Å². The van der Waals surface area contributed by atoms with E-state index < -0.39 is 0 Å². The quantitative estimate of drug-likeness (QED) is 0.601. The van der Waals surface area contributed by atoms with E-state index in [4.69, 9.17) is 4.74 Å². The summed E-state index contributed by atoms with van der Waals surface area (Å²) in [7, 11) is 0. The molecule has 3 rings (SSSR count). The molecule has 0 radical (unpaired) electrons. The van der Waals surface area contributed by atoms with Gasteiger partial charge < -0.3 is 4.74 Å². The molecule has 2 aliphatic carbocycles. The molecule has 1 unspecified atom stereocenters. The van der Waals surface area contributed by atoms with Crippen LogP contribution in [0.2, 0.25) is 0 Å². The smallest absolute Gasteiger partial charge is 0.0749 e. The van der Waals surface area contributed by atoms with E-state index >= 15 is 0 Å². The molecule has 3 fully saturated rings. The van der Waals surface area contributed by atoms with E-state index in [2.05, 4.69) is 27.7 Å². The monoisotopic (exact) mass is 222 g/mol. The van der Waals surface area contributed by atoms with Gasteiger partial charge in [-0.25, -0.2) is 0 Å². The molecule has 0 aromatic carbocycles. The number of rotatable bonds is 0. The predicted octanol–water partition coefficient (Wildman–Crippen LogP) is 4.02. The van der Waals surface area contributed by atoms with Crippen molar-refractivity contribution in [2.24, 2.45) is 23.7 Å². The molecule has 3 aliphatic rings. The number of ether oxygens (including phenoxy) is 1. The highest BCUT2D eigenvalue weighted by Crippen LogP contribution is 2.61. The third-order valence-corrected chi connectivity index (χ3v) is 6.03. The van der Waals surface area contributed by atoms with E-state index in [1.807, 2.05) is 0 Å². The lowest BCUT2D eigenvalue weighted by Gasteiger charge is -2.40. The molecule has 1 saturated heterocycles. The second-order valence-corrected chi connectivity index (χ2v) is 7.20. The van der Waals surface area contributed by atoms with Crippen LogP contribution in [0.25, 0.3) is 0 Å². The highest BCUT2D eigenvalue weighted by molar-refractivity contribution is 5.10. The Morgan fingerprint density at radius 1 is 1.00 bits per heavy atom. The lowest BCUT2D eigenvalue weighted by Crippen LogP contribution is -2.43. The van der Waals surface area contributed by atoms with Gasteiger partial charge in [0.1, 0.15) is 0 Å². The molecule has 2 saturated carbocycles. The van der Waals surface area contributed by atoms with Crippen LogP contribution in [-0.4, -0.2) is 11.2 Å². The zero-order valence-electron chi connectivity index (χ0n) is 11.3. The van der Waals surface area contributed by atoms with Gasteiger partial charge in [-0.3, -0.25) is 0 Å². The molecule has 2 bridgehead atoms. The molecule has 1 spiro atoms. The minimum atomic E-state index is 0.136. The van der Waals surface area contributed by atoms with Crippen LogP contribution in [0, 0.1) is 23.7 Å². The first-order chi connectivity index (χ1) is 7.46. The predicted molar refractivity (Wildman–Crippen MR) is 66.3 cm³/mol. The standard InChI is InChI=1S/C15H26O/c1-10-5-7-12-9-15(16-14(12,3)4)11(2)6-8-13(10)15/h10-13H,5-9H2,1-4H3/t10-,11?,12+,13+,15-/m0/s1. The van der Waals surface area contributed by atoms with Gasteiger partial charge in [0.05, 0.1) is 11.2 Å². The van der Waals surface area contributed by atoms with E-state index in [1.165, 1.54) is 32.1 Å². The Labute approximate surface area is 99.9 Å². The minimum Gasteiger partial charge on any atom is -0.368 e. The lowest BCUT2D eigenvalue weighted by atomic mass is 9.77. The van der Waals surface area contributed by atoms with Crippen molar-refractivity contribution in [3.63, 3.8) is 0 Å². The van der Waals surface area contributed by atoms with Gasteiger partial charge in [0.2, 0.25) is 0 Å². The second kappa shape index (κ2) is 3.25. The molecule has 0 N–H and O–H groups in total. The molecule has 1 nitrogen and oxygen atoms in total. The summed E-state index contributed by atoms with van der Waals surface area (Å²) in [5.41, 5.74) is 0.390. The molecule has 5 atom stereocenters. The highest BCUT2D eigenvalue weighted by Gasteiger charge is 2.61. The number of hydrogen-bond donors (Lipinski definition) is 0. The van der Waals surface area contributed by atoms with Crippen LogP contribution in [0.15, 0.2) is 0 Å². The Hall–Kier alpha value is -0.0400. The average Bonchev–Trinajstić information content (AvgIpc) is 2.57. The Kier molecular flexibility index (Phi) is 2.25. The third-order valence-electron chi connectivity index (χ3n) is 6.03. The minimum absolute atomic E-state index is 0.136. The normalized spacial score (nSPS) is 54.8. The van der Waals surface area contributed by atoms with Crippen molar-refractivity contribution in [3.8, 4) is 0 Å². The van der Waals surface area contributed by atoms with Gasteiger partial charge in [0.25, 0.3) is 0 Å². The molecule has 1 heterocycles. The van der Waals surface area contributed by atoms with Crippen molar-refractivity contribution in [2.75, 3.05) is 0 Å². The van der Waals surface area contributed by atoms with Gasteiger partial charge in [-0.05, 0) is 69.6 Å². The zero-order chi connectivity index (χ0) is 11.6. The van der Waals surface area contributed by atoms with Gasteiger partial charge in [0, 0.05) is 0 Å². The first-order valence-corrected chi connectivity index (χ1v) is 7.16. The summed E-state index contributed by atoms with van der Waals surface area (Å²) in [4.78, 5) is 0. The van der Waals surface area contributed by atoms with Gasteiger partial charge in [-0.2, -0.15) is 0 Å². The van der Waals surface area contributed by atoms with Crippen molar-refractivity contribution in [1.29, 1.82) is 0 Å². The Morgan fingerprint density at radius 2 is 1.75 bits per heavy atom. The summed E-state index contributed by atoms with van der Waals surface area (Å²) >= 11 is 0. The SMILES string of the molecule is CC1CC[C@@H]2[C@@H](C)CC[C@@H]3C[C@]12OC3(C)C. The Morgan fingerprint density at radius 3 is 2.50 bits per heavy atom. The van der Waals surface area contributed by atoms with E-state index in [1.54, 1.807) is 0 Å². The van der Waals surface area contributed by atoms with E-state index in [0.29, 0.717) is 0 Å². The fourth-order valence-electron chi connectivity index (χ4n) is 4.94. The molecular formula is C15H26O. The van der Waals surface area contributed by atoms with Crippen LogP contribution in [0.1, 0.15) is 59.8 Å². The fourth-order valence-corrected chi connectivity index (χ4v) is 4.94. The lowest BCUT2D eigenvalue weighted by molar-refractivity contribution is -0.145. The van der Waals surface area contributed by atoms with E-state index in [9.17, 15) is 0 Å². The highest BCUT2D eigenvalue weighted by atomic mass is 16.5. The molecule has 92 valence electrons. The summed E-state index contributed by atoms with van der Waals surface area (Å²) in [5.74, 6) is 3.31. The van der Waals surface area contributed by atoms with Crippen LogP contribution in [0.5, 0.6) is 0 Å².